The number of carbonyl (C=O) groups excluding carboxylic acids is 3. The zero-order chi connectivity index (χ0) is 12.9. The van der Waals surface area contributed by atoms with Crippen molar-refractivity contribution in [2.45, 2.75) is 38.9 Å². The lowest BCUT2D eigenvalue weighted by Crippen LogP contribution is -2.67. The van der Waals surface area contributed by atoms with Crippen molar-refractivity contribution in [1.29, 1.82) is 0 Å². The molecule has 7 heteroatoms. The topological polar surface area (TPSA) is 129 Å². The molecule has 0 unspecified atom stereocenters. The smallest absolute Gasteiger partial charge is 0.278 e. The van der Waals surface area contributed by atoms with Crippen LogP contribution in [0.15, 0.2) is 0 Å². The van der Waals surface area contributed by atoms with Crippen LogP contribution >= 0.6 is 0 Å². The highest BCUT2D eigenvalue weighted by Crippen LogP contribution is 1.87. The Morgan fingerprint density at radius 1 is 1.00 bits per heavy atom. The summed E-state index contributed by atoms with van der Waals surface area (Å²) in [5, 5.41) is 4.83. The van der Waals surface area contributed by atoms with Gasteiger partial charge in [0.1, 0.15) is 12.1 Å². The monoisotopic (exact) mass is 231 g/mol. The van der Waals surface area contributed by atoms with Crippen LogP contribution in [0.5, 0.6) is 0 Å². The summed E-state index contributed by atoms with van der Waals surface area (Å²) in [4.78, 5) is 33.4. The van der Waals surface area contributed by atoms with Gasteiger partial charge in [-0.15, -0.1) is 0 Å². The van der Waals surface area contributed by atoms with Gasteiger partial charge in [0.25, 0.3) is 5.91 Å². The summed E-state index contributed by atoms with van der Waals surface area (Å²) >= 11 is 0. The van der Waals surface area contributed by atoms with Gasteiger partial charge in [-0.2, -0.15) is 0 Å². The standard InChI is InChI=1S/C9H18N4O3/c1-4(10)8(15)13-6(3)9(16)12-5(2)7(11)14/h4-6H,10H2,1-3H3,(H2,11,14)(H,12,16)(H,13,15)/p+1/t4-,5-,6-/m0/s1. The molecule has 0 aliphatic rings. The fourth-order valence-electron chi connectivity index (χ4n) is 0.831. The van der Waals surface area contributed by atoms with Crippen molar-refractivity contribution in [3.63, 3.8) is 0 Å². The van der Waals surface area contributed by atoms with Gasteiger partial charge in [-0.3, -0.25) is 14.4 Å². The van der Waals surface area contributed by atoms with Crippen molar-refractivity contribution in [3.8, 4) is 0 Å². The molecule has 3 atom stereocenters. The number of quaternary nitrogens is 1. The van der Waals surface area contributed by atoms with Crippen molar-refractivity contribution < 1.29 is 20.1 Å². The number of nitrogens with one attached hydrogen (secondary N) is 2. The number of carbonyl (C=O) groups is 3. The molecule has 0 aromatic carbocycles. The lowest BCUT2D eigenvalue weighted by molar-refractivity contribution is -0.398. The summed E-state index contributed by atoms with van der Waals surface area (Å²) < 4.78 is 0. The number of hydrogen-bond donors (Lipinski definition) is 4. The van der Waals surface area contributed by atoms with Crippen LogP contribution < -0.4 is 22.1 Å². The molecule has 0 aromatic heterocycles. The Morgan fingerprint density at radius 3 is 1.81 bits per heavy atom. The molecule has 0 aliphatic heterocycles. The molecule has 0 radical (unpaired) electrons. The van der Waals surface area contributed by atoms with Crippen molar-refractivity contribution in [2.24, 2.45) is 5.73 Å². The largest absolute Gasteiger partial charge is 0.368 e. The minimum Gasteiger partial charge on any atom is -0.368 e. The van der Waals surface area contributed by atoms with Gasteiger partial charge in [-0.25, -0.2) is 0 Å². The van der Waals surface area contributed by atoms with E-state index in [9.17, 15) is 14.4 Å². The molecule has 16 heavy (non-hydrogen) atoms. The van der Waals surface area contributed by atoms with Gasteiger partial charge in [-0.05, 0) is 20.8 Å². The van der Waals surface area contributed by atoms with E-state index in [0.29, 0.717) is 0 Å². The highest BCUT2D eigenvalue weighted by Gasteiger charge is 2.21. The van der Waals surface area contributed by atoms with Crippen LogP contribution in [0, 0.1) is 0 Å². The third-order valence-electron chi connectivity index (χ3n) is 1.99. The first kappa shape index (κ1) is 14.4. The molecule has 0 saturated carbocycles. The summed E-state index contributed by atoms with van der Waals surface area (Å²) in [7, 11) is 0. The zero-order valence-corrected chi connectivity index (χ0v) is 9.74. The number of rotatable bonds is 5. The van der Waals surface area contributed by atoms with Gasteiger partial charge in [0, 0.05) is 0 Å². The van der Waals surface area contributed by atoms with Crippen molar-refractivity contribution in [1.82, 2.24) is 10.6 Å². The first-order valence-electron chi connectivity index (χ1n) is 4.98. The number of hydrogen-bond acceptors (Lipinski definition) is 3. The van der Waals surface area contributed by atoms with Crippen molar-refractivity contribution >= 4 is 17.7 Å². The molecule has 0 fully saturated rings. The Kier molecular flexibility index (Phi) is 5.44. The molecule has 92 valence electrons. The molecule has 0 heterocycles. The van der Waals surface area contributed by atoms with Crippen LogP contribution in [0.25, 0.3) is 0 Å². The minimum atomic E-state index is -0.760. The predicted octanol–water partition coefficient (Wildman–Crippen LogP) is -2.89. The Bertz CT molecular complexity index is 290. The van der Waals surface area contributed by atoms with Gasteiger partial charge in [-0.1, -0.05) is 0 Å². The Balaban J connectivity index is 4.19. The van der Waals surface area contributed by atoms with Crippen molar-refractivity contribution in [3.05, 3.63) is 0 Å². The number of nitrogens with two attached hydrogens (primary N) is 1. The van der Waals surface area contributed by atoms with Gasteiger partial charge < -0.3 is 22.1 Å². The van der Waals surface area contributed by atoms with Gasteiger partial charge >= 0.3 is 0 Å². The summed E-state index contributed by atoms with van der Waals surface area (Å²) in [5.41, 5.74) is 8.50. The molecular weight excluding hydrogens is 212 g/mol. The highest BCUT2D eigenvalue weighted by atomic mass is 16.2. The van der Waals surface area contributed by atoms with Crippen LogP contribution in [0.1, 0.15) is 20.8 Å². The third-order valence-corrected chi connectivity index (χ3v) is 1.99. The average molecular weight is 231 g/mol. The van der Waals surface area contributed by atoms with Crippen LogP contribution in [0.2, 0.25) is 0 Å². The lowest BCUT2D eigenvalue weighted by atomic mass is 10.2. The number of amides is 3. The SMILES string of the molecule is C[C@H]([NH3+])C(=O)N[C@@H](C)C(=O)N[C@@H](C)C(N)=O. The summed E-state index contributed by atoms with van der Waals surface area (Å²) in [6.45, 7) is 4.61. The lowest BCUT2D eigenvalue weighted by Gasteiger charge is -2.16. The molecule has 0 aliphatic carbocycles. The van der Waals surface area contributed by atoms with Crippen LogP contribution in [-0.4, -0.2) is 35.8 Å². The van der Waals surface area contributed by atoms with E-state index in [1.165, 1.54) is 13.8 Å². The molecule has 3 amide bonds. The Morgan fingerprint density at radius 2 is 1.44 bits per heavy atom. The van der Waals surface area contributed by atoms with E-state index in [0.717, 1.165) is 0 Å². The summed E-state index contributed by atoms with van der Waals surface area (Å²) in [6, 6.07) is -1.92. The second-order valence-corrected chi connectivity index (χ2v) is 3.76. The van der Waals surface area contributed by atoms with E-state index in [4.69, 9.17) is 5.73 Å². The Labute approximate surface area is 93.9 Å². The summed E-state index contributed by atoms with van der Waals surface area (Å²) in [5.74, 6) is -1.41. The van der Waals surface area contributed by atoms with Gasteiger partial charge in [0.05, 0.1) is 0 Å². The van der Waals surface area contributed by atoms with E-state index in [1.54, 1.807) is 6.92 Å². The van der Waals surface area contributed by atoms with E-state index >= 15 is 0 Å². The second-order valence-electron chi connectivity index (χ2n) is 3.76. The van der Waals surface area contributed by atoms with Gasteiger partial charge in [0.2, 0.25) is 11.8 Å². The number of primary amides is 1. The first-order valence-corrected chi connectivity index (χ1v) is 4.98. The highest BCUT2D eigenvalue weighted by molar-refractivity contribution is 5.91. The molecule has 7 nitrogen and oxygen atoms in total. The van der Waals surface area contributed by atoms with E-state index in [2.05, 4.69) is 16.4 Å². The fourth-order valence-corrected chi connectivity index (χ4v) is 0.831. The molecule has 0 bridgehead atoms. The van der Waals surface area contributed by atoms with Crippen LogP contribution in [0.3, 0.4) is 0 Å². The molecule has 0 saturated heterocycles. The molecule has 0 rings (SSSR count). The van der Waals surface area contributed by atoms with Crippen LogP contribution in [-0.2, 0) is 14.4 Å². The van der Waals surface area contributed by atoms with E-state index < -0.39 is 29.9 Å². The maximum Gasteiger partial charge on any atom is 0.278 e. The first-order chi connectivity index (χ1) is 7.25. The maximum atomic E-state index is 11.5. The summed E-state index contributed by atoms with van der Waals surface area (Å²) in [6.07, 6.45) is 0. The van der Waals surface area contributed by atoms with Gasteiger partial charge in [0.15, 0.2) is 6.04 Å². The second kappa shape index (κ2) is 6.06. The predicted molar refractivity (Wildman–Crippen MR) is 56.8 cm³/mol. The van der Waals surface area contributed by atoms with E-state index in [1.807, 2.05) is 0 Å². The Hall–Kier alpha value is -1.63. The molecule has 0 aromatic rings. The fraction of sp³-hybridized carbons (Fsp3) is 0.667. The molecular formula is C9H19N4O3+. The molecule has 0 spiro atoms. The normalized spacial score (nSPS) is 15.8. The average Bonchev–Trinajstić information content (AvgIpc) is 2.16. The minimum absolute atomic E-state index is 0.325. The quantitative estimate of drug-likeness (QED) is 0.405. The third kappa shape index (κ3) is 4.74. The maximum absolute atomic E-state index is 11.5. The molecule has 7 N–H and O–H groups in total. The van der Waals surface area contributed by atoms with Crippen LogP contribution in [0.4, 0.5) is 0 Å². The zero-order valence-electron chi connectivity index (χ0n) is 9.74. The van der Waals surface area contributed by atoms with E-state index in [-0.39, 0.29) is 5.91 Å². The van der Waals surface area contributed by atoms with Crippen molar-refractivity contribution in [2.75, 3.05) is 0 Å².